The number of nitrogens with one attached hydrogen (secondary N) is 1. The van der Waals surface area contributed by atoms with Crippen LogP contribution in [0.4, 0.5) is 4.39 Å². The SMILES string of the molecule is Cc1cc(C)c(CC(C)CNC2CC2)c(F)c1. The molecule has 0 spiro atoms. The quantitative estimate of drug-likeness (QED) is 0.825. The van der Waals surface area contributed by atoms with Gasteiger partial charge in [-0.05, 0) is 68.3 Å². The van der Waals surface area contributed by atoms with Crippen LogP contribution in [0, 0.1) is 25.6 Å². The molecule has 0 aliphatic heterocycles. The lowest BCUT2D eigenvalue weighted by Gasteiger charge is -2.15. The van der Waals surface area contributed by atoms with E-state index >= 15 is 0 Å². The molecule has 1 aromatic carbocycles. The number of benzene rings is 1. The molecule has 0 heterocycles. The highest BCUT2D eigenvalue weighted by Crippen LogP contribution is 2.21. The molecule has 17 heavy (non-hydrogen) atoms. The van der Waals surface area contributed by atoms with Crippen molar-refractivity contribution in [2.75, 3.05) is 6.54 Å². The Balaban J connectivity index is 1.96. The molecule has 0 radical (unpaired) electrons. The van der Waals surface area contributed by atoms with E-state index < -0.39 is 0 Å². The lowest BCUT2D eigenvalue weighted by Crippen LogP contribution is -2.24. The van der Waals surface area contributed by atoms with Gasteiger partial charge in [-0.1, -0.05) is 13.0 Å². The average molecular weight is 235 g/mol. The largest absolute Gasteiger partial charge is 0.314 e. The van der Waals surface area contributed by atoms with Crippen LogP contribution in [-0.2, 0) is 6.42 Å². The third-order valence-corrected chi connectivity index (χ3v) is 3.45. The average Bonchev–Trinajstić information content (AvgIpc) is 3.04. The van der Waals surface area contributed by atoms with Gasteiger partial charge < -0.3 is 5.32 Å². The molecule has 1 aliphatic rings. The first kappa shape index (κ1) is 12.6. The molecule has 0 saturated heterocycles. The first-order valence-electron chi connectivity index (χ1n) is 6.55. The Kier molecular flexibility index (Phi) is 3.82. The van der Waals surface area contributed by atoms with Gasteiger partial charge in [0.25, 0.3) is 0 Å². The second kappa shape index (κ2) is 5.18. The second-order valence-corrected chi connectivity index (χ2v) is 5.53. The summed E-state index contributed by atoms with van der Waals surface area (Å²) in [6.07, 6.45) is 3.45. The van der Waals surface area contributed by atoms with Crippen LogP contribution in [-0.4, -0.2) is 12.6 Å². The summed E-state index contributed by atoms with van der Waals surface area (Å²) >= 11 is 0. The Hall–Kier alpha value is -0.890. The van der Waals surface area contributed by atoms with Crippen LogP contribution in [0.5, 0.6) is 0 Å². The van der Waals surface area contributed by atoms with E-state index in [2.05, 4.69) is 18.3 Å². The van der Waals surface area contributed by atoms with E-state index in [0.717, 1.165) is 35.7 Å². The molecule has 0 bridgehead atoms. The Morgan fingerprint density at radius 3 is 2.65 bits per heavy atom. The Bertz CT molecular complexity index is 373. The highest BCUT2D eigenvalue weighted by molar-refractivity contribution is 5.32. The first-order valence-corrected chi connectivity index (χ1v) is 6.55. The number of aryl methyl sites for hydroxylation is 2. The van der Waals surface area contributed by atoms with Gasteiger partial charge in [-0.15, -0.1) is 0 Å². The predicted molar refractivity (Wildman–Crippen MR) is 69.8 cm³/mol. The second-order valence-electron chi connectivity index (χ2n) is 5.53. The lowest BCUT2D eigenvalue weighted by molar-refractivity contribution is 0.494. The molecule has 1 N–H and O–H groups in total. The topological polar surface area (TPSA) is 12.0 Å². The molecule has 1 fully saturated rings. The third kappa shape index (κ3) is 3.53. The summed E-state index contributed by atoms with van der Waals surface area (Å²) in [5.74, 6) is 0.451. The summed E-state index contributed by atoms with van der Waals surface area (Å²) in [6, 6.07) is 4.45. The molecule has 0 amide bonds. The van der Waals surface area contributed by atoms with Gasteiger partial charge >= 0.3 is 0 Å². The van der Waals surface area contributed by atoms with Crippen molar-refractivity contribution in [1.82, 2.24) is 5.32 Å². The fraction of sp³-hybridized carbons (Fsp3) is 0.600. The smallest absolute Gasteiger partial charge is 0.126 e. The van der Waals surface area contributed by atoms with Crippen molar-refractivity contribution in [1.29, 1.82) is 0 Å². The molecule has 2 rings (SSSR count). The first-order chi connectivity index (χ1) is 8.06. The van der Waals surface area contributed by atoms with Gasteiger partial charge in [-0.3, -0.25) is 0 Å². The summed E-state index contributed by atoms with van der Waals surface area (Å²) in [4.78, 5) is 0. The third-order valence-electron chi connectivity index (χ3n) is 3.45. The van der Waals surface area contributed by atoms with E-state index in [0.29, 0.717) is 5.92 Å². The van der Waals surface area contributed by atoms with Gasteiger partial charge in [0.1, 0.15) is 5.82 Å². The Morgan fingerprint density at radius 1 is 1.35 bits per heavy atom. The summed E-state index contributed by atoms with van der Waals surface area (Å²) in [5, 5.41) is 3.50. The van der Waals surface area contributed by atoms with E-state index in [1.54, 1.807) is 6.07 Å². The zero-order valence-electron chi connectivity index (χ0n) is 11.0. The predicted octanol–water partition coefficient (Wildman–Crippen LogP) is 3.37. The maximum atomic E-state index is 13.9. The van der Waals surface area contributed by atoms with Gasteiger partial charge in [0.15, 0.2) is 0 Å². The van der Waals surface area contributed by atoms with Gasteiger partial charge in [0, 0.05) is 6.04 Å². The molecular formula is C15H22FN. The van der Waals surface area contributed by atoms with Crippen molar-refractivity contribution in [3.05, 3.63) is 34.6 Å². The van der Waals surface area contributed by atoms with Crippen LogP contribution in [0.2, 0.25) is 0 Å². The highest BCUT2D eigenvalue weighted by atomic mass is 19.1. The molecule has 94 valence electrons. The molecule has 1 aromatic rings. The van der Waals surface area contributed by atoms with E-state index in [-0.39, 0.29) is 5.82 Å². The Morgan fingerprint density at radius 2 is 2.06 bits per heavy atom. The van der Waals surface area contributed by atoms with Crippen molar-refractivity contribution in [3.8, 4) is 0 Å². The van der Waals surface area contributed by atoms with Crippen LogP contribution in [0.25, 0.3) is 0 Å². The highest BCUT2D eigenvalue weighted by Gasteiger charge is 2.21. The number of rotatable bonds is 5. The van der Waals surface area contributed by atoms with Crippen LogP contribution < -0.4 is 5.32 Å². The molecule has 1 unspecified atom stereocenters. The minimum atomic E-state index is -0.0410. The van der Waals surface area contributed by atoms with E-state index in [1.165, 1.54) is 12.8 Å². The fourth-order valence-corrected chi connectivity index (χ4v) is 2.28. The summed E-state index contributed by atoms with van der Waals surface area (Å²) < 4.78 is 13.9. The zero-order valence-corrected chi connectivity index (χ0v) is 11.0. The van der Waals surface area contributed by atoms with Crippen molar-refractivity contribution < 1.29 is 4.39 Å². The normalized spacial score (nSPS) is 17.2. The molecule has 1 aliphatic carbocycles. The maximum absolute atomic E-state index is 13.9. The van der Waals surface area contributed by atoms with E-state index in [4.69, 9.17) is 0 Å². The number of hydrogen-bond acceptors (Lipinski definition) is 1. The summed E-state index contributed by atoms with van der Waals surface area (Å²) in [5.41, 5.74) is 2.98. The summed E-state index contributed by atoms with van der Waals surface area (Å²) in [6.45, 7) is 7.13. The van der Waals surface area contributed by atoms with Gasteiger partial charge in [0.05, 0.1) is 0 Å². The standard InChI is InChI=1S/C15H22FN/c1-10-6-12(3)14(15(16)8-10)7-11(2)9-17-13-4-5-13/h6,8,11,13,17H,4-5,7,9H2,1-3H3. The number of halogens is 1. The molecular weight excluding hydrogens is 213 g/mol. The Labute approximate surface area is 103 Å². The van der Waals surface area contributed by atoms with Crippen LogP contribution in [0.15, 0.2) is 12.1 Å². The minimum Gasteiger partial charge on any atom is -0.314 e. The van der Waals surface area contributed by atoms with Crippen molar-refractivity contribution >= 4 is 0 Å². The maximum Gasteiger partial charge on any atom is 0.126 e. The van der Waals surface area contributed by atoms with Gasteiger partial charge in [-0.25, -0.2) is 4.39 Å². The van der Waals surface area contributed by atoms with E-state index in [1.807, 2.05) is 13.8 Å². The zero-order chi connectivity index (χ0) is 12.4. The summed E-state index contributed by atoms with van der Waals surface area (Å²) in [7, 11) is 0. The minimum absolute atomic E-state index is 0.0410. The van der Waals surface area contributed by atoms with Crippen LogP contribution >= 0.6 is 0 Å². The van der Waals surface area contributed by atoms with Gasteiger partial charge in [0.2, 0.25) is 0 Å². The van der Waals surface area contributed by atoms with Crippen molar-refractivity contribution in [2.45, 2.75) is 46.1 Å². The van der Waals surface area contributed by atoms with Gasteiger partial charge in [-0.2, -0.15) is 0 Å². The molecule has 1 atom stereocenters. The molecule has 1 saturated carbocycles. The fourth-order valence-electron chi connectivity index (χ4n) is 2.28. The number of hydrogen-bond donors (Lipinski definition) is 1. The van der Waals surface area contributed by atoms with Crippen molar-refractivity contribution in [2.24, 2.45) is 5.92 Å². The van der Waals surface area contributed by atoms with Crippen LogP contribution in [0.1, 0.15) is 36.5 Å². The monoisotopic (exact) mass is 235 g/mol. The molecule has 2 heteroatoms. The molecule has 0 aromatic heterocycles. The lowest BCUT2D eigenvalue weighted by atomic mass is 9.95. The molecule has 1 nitrogen and oxygen atoms in total. The van der Waals surface area contributed by atoms with Crippen molar-refractivity contribution in [3.63, 3.8) is 0 Å². The van der Waals surface area contributed by atoms with Crippen LogP contribution in [0.3, 0.4) is 0 Å². The van der Waals surface area contributed by atoms with E-state index in [9.17, 15) is 4.39 Å².